The number of sulfonamides is 1. The predicted octanol–water partition coefficient (Wildman–Crippen LogP) is 3.37. The smallest absolute Gasteiger partial charge is 0.243 e. The SMILES string of the molecule is Cc1nc(Oc2ccccc2)cc(N2CCN(S(=O)(=O)c3ccc(F)c(F)c3)CC2)n1. The Morgan fingerprint density at radius 1 is 0.903 bits per heavy atom. The Kier molecular flexibility index (Phi) is 5.84. The van der Waals surface area contributed by atoms with Gasteiger partial charge in [-0.15, -0.1) is 0 Å². The number of hydrogen-bond donors (Lipinski definition) is 0. The van der Waals surface area contributed by atoms with Crippen molar-refractivity contribution < 1.29 is 21.9 Å². The summed E-state index contributed by atoms with van der Waals surface area (Å²) in [5, 5.41) is 0. The number of benzene rings is 2. The van der Waals surface area contributed by atoms with Gasteiger partial charge in [0.1, 0.15) is 17.4 Å². The Balaban J connectivity index is 1.48. The number of anilines is 1. The minimum Gasteiger partial charge on any atom is -0.439 e. The van der Waals surface area contributed by atoms with E-state index in [0.717, 1.165) is 12.1 Å². The maximum absolute atomic E-state index is 13.5. The number of aryl methyl sites for hydroxylation is 1. The molecule has 0 bridgehead atoms. The molecule has 2 aromatic carbocycles. The molecule has 1 aliphatic heterocycles. The molecule has 162 valence electrons. The number of piperazine rings is 1. The molecule has 10 heteroatoms. The molecule has 0 aliphatic carbocycles. The van der Waals surface area contributed by atoms with E-state index >= 15 is 0 Å². The van der Waals surface area contributed by atoms with Crippen molar-refractivity contribution in [3.05, 3.63) is 72.1 Å². The summed E-state index contributed by atoms with van der Waals surface area (Å²) in [6.07, 6.45) is 0. The first-order chi connectivity index (χ1) is 14.8. The van der Waals surface area contributed by atoms with Crippen LogP contribution in [0, 0.1) is 18.6 Å². The zero-order chi connectivity index (χ0) is 22.0. The van der Waals surface area contributed by atoms with Crippen LogP contribution in [-0.2, 0) is 10.0 Å². The fourth-order valence-electron chi connectivity index (χ4n) is 3.29. The van der Waals surface area contributed by atoms with E-state index in [9.17, 15) is 17.2 Å². The molecule has 2 heterocycles. The standard InChI is InChI=1S/C21H20F2N4O3S/c1-15-24-20(14-21(25-15)30-16-5-3-2-4-6-16)26-9-11-27(12-10-26)31(28,29)17-7-8-18(22)19(23)13-17/h2-8,13-14H,9-12H2,1H3. The second-order valence-electron chi connectivity index (χ2n) is 6.99. The molecule has 0 unspecified atom stereocenters. The minimum atomic E-state index is -3.92. The van der Waals surface area contributed by atoms with Crippen molar-refractivity contribution in [3.63, 3.8) is 0 Å². The molecule has 0 amide bonds. The Morgan fingerprint density at radius 3 is 2.29 bits per heavy atom. The summed E-state index contributed by atoms with van der Waals surface area (Å²) in [4.78, 5) is 10.4. The van der Waals surface area contributed by atoms with Crippen LogP contribution in [0.25, 0.3) is 0 Å². The van der Waals surface area contributed by atoms with Crippen LogP contribution in [0.5, 0.6) is 11.6 Å². The van der Waals surface area contributed by atoms with Gasteiger partial charge in [-0.25, -0.2) is 22.2 Å². The Hall–Kier alpha value is -3.11. The Labute approximate surface area is 179 Å². The molecule has 1 fully saturated rings. The first kappa shape index (κ1) is 21.1. The van der Waals surface area contributed by atoms with Gasteiger partial charge in [-0.1, -0.05) is 18.2 Å². The summed E-state index contributed by atoms with van der Waals surface area (Å²) in [5.74, 6) is -0.0818. The molecule has 0 N–H and O–H groups in total. The first-order valence-electron chi connectivity index (χ1n) is 9.62. The van der Waals surface area contributed by atoms with Gasteiger partial charge in [0, 0.05) is 32.2 Å². The third-order valence-electron chi connectivity index (χ3n) is 4.86. The minimum absolute atomic E-state index is 0.180. The number of hydrogen-bond acceptors (Lipinski definition) is 6. The lowest BCUT2D eigenvalue weighted by Gasteiger charge is -2.34. The van der Waals surface area contributed by atoms with Gasteiger partial charge in [0.05, 0.1) is 4.90 Å². The van der Waals surface area contributed by atoms with Crippen molar-refractivity contribution in [1.29, 1.82) is 0 Å². The van der Waals surface area contributed by atoms with E-state index < -0.39 is 21.7 Å². The van der Waals surface area contributed by atoms with Crippen LogP contribution in [0.2, 0.25) is 0 Å². The van der Waals surface area contributed by atoms with Crippen LogP contribution in [-0.4, -0.2) is 48.9 Å². The molecule has 31 heavy (non-hydrogen) atoms. The maximum atomic E-state index is 13.5. The number of aromatic nitrogens is 2. The van der Waals surface area contributed by atoms with E-state index in [2.05, 4.69) is 9.97 Å². The zero-order valence-corrected chi connectivity index (χ0v) is 17.5. The third kappa shape index (κ3) is 4.64. The van der Waals surface area contributed by atoms with E-state index in [4.69, 9.17) is 4.74 Å². The second-order valence-corrected chi connectivity index (χ2v) is 8.93. The lowest BCUT2D eigenvalue weighted by Crippen LogP contribution is -2.49. The van der Waals surface area contributed by atoms with E-state index in [-0.39, 0.29) is 18.0 Å². The van der Waals surface area contributed by atoms with Crippen molar-refractivity contribution in [2.45, 2.75) is 11.8 Å². The van der Waals surface area contributed by atoms with Gasteiger partial charge >= 0.3 is 0 Å². The Bertz CT molecular complexity index is 1180. The number of nitrogens with zero attached hydrogens (tertiary/aromatic N) is 4. The van der Waals surface area contributed by atoms with Crippen molar-refractivity contribution >= 4 is 15.8 Å². The lowest BCUT2D eigenvalue weighted by atomic mass is 10.3. The highest BCUT2D eigenvalue weighted by Crippen LogP contribution is 2.25. The first-order valence-corrected chi connectivity index (χ1v) is 11.1. The monoisotopic (exact) mass is 446 g/mol. The molecule has 3 aromatic rings. The summed E-state index contributed by atoms with van der Waals surface area (Å²) < 4.78 is 59.3. The highest BCUT2D eigenvalue weighted by molar-refractivity contribution is 7.89. The maximum Gasteiger partial charge on any atom is 0.243 e. The fraction of sp³-hybridized carbons (Fsp3) is 0.238. The highest BCUT2D eigenvalue weighted by atomic mass is 32.2. The van der Waals surface area contributed by atoms with Gasteiger partial charge in [0.2, 0.25) is 15.9 Å². The Morgan fingerprint density at radius 2 is 1.61 bits per heavy atom. The average Bonchev–Trinajstić information content (AvgIpc) is 2.76. The second kappa shape index (κ2) is 8.56. The van der Waals surface area contributed by atoms with E-state index in [1.54, 1.807) is 13.0 Å². The molecule has 0 saturated carbocycles. The van der Waals surface area contributed by atoms with Gasteiger partial charge in [-0.3, -0.25) is 0 Å². The van der Waals surface area contributed by atoms with E-state index in [1.807, 2.05) is 35.2 Å². The number of halogens is 2. The van der Waals surface area contributed by atoms with Gasteiger partial charge in [0.25, 0.3) is 0 Å². The van der Waals surface area contributed by atoms with E-state index in [0.29, 0.717) is 42.4 Å². The van der Waals surface area contributed by atoms with Crippen LogP contribution >= 0.6 is 0 Å². The quantitative estimate of drug-likeness (QED) is 0.598. The largest absolute Gasteiger partial charge is 0.439 e. The van der Waals surface area contributed by atoms with Gasteiger partial charge in [-0.2, -0.15) is 9.29 Å². The molecule has 4 rings (SSSR count). The summed E-state index contributed by atoms with van der Waals surface area (Å²) in [7, 11) is -3.92. The topological polar surface area (TPSA) is 75.6 Å². The van der Waals surface area contributed by atoms with Crippen LogP contribution in [0.1, 0.15) is 5.82 Å². The number of ether oxygens (including phenoxy) is 1. The molecule has 7 nitrogen and oxygen atoms in total. The number of para-hydroxylation sites is 1. The summed E-state index contributed by atoms with van der Waals surface area (Å²) in [5.41, 5.74) is 0. The molecule has 0 atom stereocenters. The van der Waals surface area contributed by atoms with Crippen LogP contribution in [0.15, 0.2) is 59.5 Å². The van der Waals surface area contributed by atoms with E-state index in [1.165, 1.54) is 4.31 Å². The molecule has 0 radical (unpaired) electrons. The van der Waals surface area contributed by atoms with Crippen LogP contribution in [0.3, 0.4) is 0 Å². The van der Waals surface area contributed by atoms with Gasteiger partial charge in [-0.05, 0) is 37.3 Å². The predicted molar refractivity (Wildman–Crippen MR) is 111 cm³/mol. The molecular formula is C21H20F2N4O3S. The van der Waals surface area contributed by atoms with Crippen molar-refractivity contribution in [2.24, 2.45) is 0 Å². The molecule has 1 aromatic heterocycles. The van der Waals surface area contributed by atoms with Crippen molar-refractivity contribution in [3.8, 4) is 11.6 Å². The summed E-state index contributed by atoms with van der Waals surface area (Å²) >= 11 is 0. The van der Waals surface area contributed by atoms with Crippen LogP contribution in [0.4, 0.5) is 14.6 Å². The molecular weight excluding hydrogens is 426 g/mol. The summed E-state index contributed by atoms with van der Waals surface area (Å²) in [6.45, 7) is 2.87. The highest BCUT2D eigenvalue weighted by Gasteiger charge is 2.30. The number of rotatable bonds is 5. The average molecular weight is 446 g/mol. The van der Waals surface area contributed by atoms with Crippen LogP contribution < -0.4 is 9.64 Å². The molecule has 1 aliphatic rings. The lowest BCUT2D eigenvalue weighted by molar-refractivity contribution is 0.382. The van der Waals surface area contributed by atoms with Crippen molar-refractivity contribution in [1.82, 2.24) is 14.3 Å². The zero-order valence-electron chi connectivity index (χ0n) is 16.7. The normalized spacial score (nSPS) is 15.1. The van der Waals surface area contributed by atoms with Crippen molar-refractivity contribution in [2.75, 3.05) is 31.1 Å². The fourth-order valence-corrected chi connectivity index (χ4v) is 4.73. The third-order valence-corrected chi connectivity index (χ3v) is 6.75. The van der Waals surface area contributed by atoms with Gasteiger partial charge in [0.15, 0.2) is 11.6 Å². The molecule has 1 saturated heterocycles. The van der Waals surface area contributed by atoms with Gasteiger partial charge < -0.3 is 9.64 Å². The molecule has 0 spiro atoms. The summed E-state index contributed by atoms with van der Waals surface area (Å²) in [6, 6.07) is 13.5.